The number of nitrogens with one attached hydrogen (secondary N) is 2. The Morgan fingerprint density at radius 3 is 2.13 bits per heavy atom. The van der Waals surface area contributed by atoms with Gasteiger partial charge in [-0.3, -0.25) is 9.59 Å². The van der Waals surface area contributed by atoms with Crippen molar-refractivity contribution in [3.05, 3.63) is 102 Å². The summed E-state index contributed by atoms with van der Waals surface area (Å²) in [6, 6.07) is 24.9. The van der Waals surface area contributed by atoms with Crippen LogP contribution in [0.1, 0.15) is 18.1 Å². The van der Waals surface area contributed by atoms with Crippen LogP contribution >= 0.6 is 0 Å². The second kappa shape index (κ2) is 11.0. The Kier molecular flexibility index (Phi) is 7.55. The molecular formula is C29H23N3O5S. The number of rotatable bonds is 7. The van der Waals surface area contributed by atoms with Gasteiger partial charge < -0.3 is 14.8 Å². The number of benzene rings is 4. The minimum Gasteiger partial charge on any atom is -0.378 e. The van der Waals surface area contributed by atoms with Gasteiger partial charge in [0, 0.05) is 23.9 Å². The smallest absolute Gasteiger partial charge is 0.339 e. The summed E-state index contributed by atoms with van der Waals surface area (Å²) in [7, 11) is -4.19. The van der Waals surface area contributed by atoms with E-state index < -0.39 is 16.0 Å². The van der Waals surface area contributed by atoms with Crippen LogP contribution in [0.4, 0.5) is 11.4 Å². The second-order valence-corrected chi connectivity index (χ2v) is 9.98. The molecule has 0 aliphatic heterocycles. The largest absolute Gasteiger partial charge is 0.378 e. The number of nitrogens with zero attached hydrogens (tertiary/aromatic N) is 1. The van der Waals surface area contributed by atoms with Gasteiger partial charge in [-0.25, -0.2) is 0 Å². The maximum atomic E-state index is 13.0. The van der Waals surface area contributed by atoms with Gasteiger partial charge in [0.1, 0.15) is 16.5 Å². The molecule has 0 aromatic heterocycles. The van der Waals surface area contributed by atoms with Crippen molar-refractivity contribution >= 4 is 50.2 Å². The van der Waals surface area contributed by atoms with Crippen LogP contribution in [0.15, 0.2) is 95.4 Å². The predicted octanol–water partition coefficient (Wildman–Crippen LogP) is 5.42. The number of hydrogen-bond acceptors (Lipinski definition) is 6. The van der Waals surface area contributed by atoms with Crippen LogP contribution in [0.5, 0.6) is 5.75 Å². The summed E-state index contributed by atoms with van der Waals surface area (Å²) in [5, 5.41) is 16.4. The highest BCUT2D eigenvalue weighted by Crippen LogP contribution is 2.32. The van der Waals surface area contributed by atoms with Gasteiger partial charge in [-0.2, -0.15) is 13.7 Å². The van der Waals surface area contributed by atoms with Gasteiger partial charge >= 0.3 is 10.1 Å². The van der Waals surface area contributed by atoms with Gasteiger partial charge in [-0.05, 0) is 66.2 Å². The summed E-state index contributed by atoms with van der Waals surface area (Å²) in [5.41, 5.74) is 1.87. The maximum absolute atomic E-state index is 13.0. The number of hydrogen-bond donors (Lipinski definition) is 2. The molecule has 0 fully saturated rings. The second-order valence-electron chi connectivity index (χ2n) is 8.43. The number of anilines is 2. The van der Waals surface area contributed by atoms with Crippen LogP contribution in [-0.2, 0) is 19.7 Å². The molecule has 190 valence electrons. The highest BCUT2D eigenvalue weighted by atomic mass is 32.2. The van der Waals surface area contributed by atoms with Crippen molar-refractivity contribution in [2.75, 3.05) is 10.6 Å². The molecule has 0 bridgehead atoms. The Morgan fingerprint density at radius 2 is 1.50 bits per heavy atom. The van der Waals surface area contributed by atoms with E-state index in [4.69, 9.17) is 4.18 Å². The third kappa shape index (κ3) is 6.06. The van der Waals surface area contributed by atoms with Crippen molar-refractivity contribution in [3.63, 3.8) is 0 Å². The molecule has 2 N–H and O–H groups in total. The van der Waals surface area contributed by atoms with Gasteiger partial charge in [0.2, 0.25) is 5.91 Å². The molecule has 2 amide bonds. The van der Waals surface area contributed by atoms with E-state index in [-0.39, 0.29) is 27.7 Å². The lowest BCUT2D eigenvalue weighted by atomic mass is 10.0. The Hall–Kier alpha value is -4.94. The van der Waals surface area contributed by atoms with Gasteiger partial charge in [0.25, 0.3) is 5.91 Å². The Balaban J connectivity index is 1.71. The molecule has 0 radical (unpaired) electrons. The van der Waals surface area contributed by atoms with Crippen molar-refractivity contribution < 1.29 is 22.2 Å². The standard InChI is InChI=1S/C29H23N3O5S/c1-19-7-14-25(15-8-19)38(35,36)37-28-16-9-21-5-3-4-6-26(21)27(28)17-22(18-30)29(34)32-24-12-10-23(11-13-24)31-20(2)33/h3-17H,1-2H3,(H,31,33)(H,32,34)/b22-17+. The first-order valence-electron chi connectivity index (χ1n) is 11.5. The summed E-state index contributed by atoms with van der Waals surface area (Å²) in [5.74, 6) is -0.946. The third-order valence-electron chi connectivity index (χ3n) is 5.56. The highest BCUT2D eigenvalue weighted by molar-refractivity contribution is 7.87. The quantitative estimate of drug-likeness (QED) is 0.189. The van der Waals surface area contributed by atoms with E-state index in [9.17, 15) is 23.3 Å². The maximum Gasteiger partial charge on any atom is 0.339 e. The van der Waals surface area contributed by atoms with Gasteiger partial charge in [0.15, 0.2) is 5.75 Å². The van der Waals surface area contributed by atoms with E-state index in [2.05, 4.69) is 10.6 Å². The van der Waals surface area contributed by atoms with Gasteiger partial charge in [0.05, 0.1) is 0 Å². The fraction of sp³-hybridized carbons (Fsp3) is 0.0690. The SMILES string of the molecule is CC(=O)Nc1ccc(NC(=O)/C(C#N)=C/c2c(OS(=O)(=O)c3ccc(C)cc3)ccc3ccccc23)cc1. The topological polar surface area (TPSA) is 125 Å². The molecular weight excluding hydrogens is 502 g/mol. The van der Waals surface area contributed by atoms with Crippen molar-refractivity contribution in [3.8, 4) is 11.8 Å². The molecule has 0 unspecified atom stereocenters. The fourth-order valence-electron chi connectivity index (χ4n) is 3.70. The Bertz CT molecular complexity index is 1700. The van der Waals surface area contributed by atoms with E-state index >= 15 is 0 Å². The minimum absolute atomic E-state index is 0.0212. The number of fused-ring (bicyclic) bond motifs is 1. The van der Waals surface area contributed by atoms with Crippen molar-refractivity contribution in [1.82, 2.24) is 0 Å². The first kappa shape index (κ1) is 26.1. The zero-order valence-electron chi connectivity index (χ0n) is 20.6. The fourth-order valence-corrected chi connectivity index (χ4v) is 4.65. The average molecular weight is 526 g/mol. The van der Waals surface area contributed by atoms with E-state index in [0.717, 1.165) is 10.9 Å². The molecule has 0 saturated carbocycles. The summed E-state index contributed by atoms with van der Waals surface area (Å²) in [4.78, 5) is 24.2. The molecule has 0 atom stereocenters. The van der Waals surface area contributed by atoms with Crippen molar-refractivity contribution in [2.24, 2.45) is 0 Å². The number of nitriles is 1. The summed E-state index contributed by atoms with van der Waals surface area (Å²) < 4.78 is 31.5. The molecule has 0 saturated heterocycles. The predicted molar refractivity (Wildman–Crippen MR) is 146 cm³/mol. The molecule has 4 aromatic carbocycles. The number of carbonyl (C=O) groups excluding carboxylic acids is 2. The number of aryl methyl sites for hydroxylation is 1. The van der Waals surface area contributed by atoms with Crippen molar-refractivity contribution in [2.45, 2.75) is 18.7 Å². The van der Waals surface area contributed by atoms with E-state index in [1.54, 1.807) is 54.6 Å². The Labute approximate surface area is 220 Å². The van der Waals surface area contributed by atoms with Crippen molar-refractivity contribution in [1.29, 1.82) is 5.26 Å². The molecule has 0 aliphatic rings. The zero-order valence-corrected chi connectivity index (χ0v) is 21.4. The van der Waals surface area contributed by atoms with Crippen LogP contribution in [0, 0.1) is 18.3 Å². The normalized spacial score (nSPS) is 11.4. The molecule has 4 aromatic rings. The summed E-state index contributed by atoms with van der Waals surface area (Å²) in [6.45, 7) is 3.23. The lowest BCUT2D eigenvalue weighted by molar-refractivity contribution is -0.114. The zero-order chi connectivity index (χ0) is 27.3. The third-order valence-corrected chi connectivity index (χ3v) is 6.81. The van der Waals surface area contributed by atoms with Crippen LogP contribution in [0.3, 0.4) is 0 Å². The Morgan fingerprint density at radius 1 is 0.868 bits per heavy atom. The van der Waals surface area contributed by atoms with E-state index in [0.29, 0.717) is 16.8 Å². The molecule has 38 heavy (non-hydrogen) atoms. The first-order valence-corrected chi connectivity index (χ1v) is 12.9. The van der Waals surface area contributed by atoms with E-state index in [1.165, 1.54) is 31.2 Å². The molecule has 0 aliphatic carbocycles. The molecule has 8 nitrogen and oxygen atoms in total. The first-order chi connectivity index (χ1) is 18.2. The van der Waals surface area contributed by atoms with Gasteiger partial charge in [-0.1, -0.05) is 48.0 Å². The van der Waals surface area contributed by atoms with Crippen LogP contribution in [-0.4, -0.2) is 20.2 Å². The monoisotopic (exact) mass is 525 g/mol. The van der Waals surface area contributed by atoms with Crippen LogP contribution in [0.25, 0.3) is 16.8 Å². The highest BCUT2D eigenvalue weighted by Gasteiger charge is 2.20. The van der Waals surface area contributed by atoms with Crippen LogP contribution < -0.4 is 14.8 Å². The van der Waals surface area contributed by atoms with Gasteiger partial charge in [-0.15, -0.1) is 0 Å². The molecule has 0 spiro atoms. The number of amides is 2. The summed E-state index contributed by atoms with van der Waals surface area (Å²) >= 11 is 0. The molecule has 4 rings (SSSR count). The average Bonchev–Trinajstić information content (AvgIpc) is 2.89. The minimum atomic E-state index is -4.19. The molecule has 9 heteroatoms. The lowest BCUT2D eigenvalue weighted by Gasteiger charge is -2.13. The van der Waals surface area contributed by atoms with Crippen LogP contribution in [0.2, 0.25) is 0 Å². The van der Waals surface area contributed by atoms with E-state index in [1.807, 2.05) is 25.1 Å². The number of carbonyl (C=O) groups is 2. The summed E-state index contributed by atoms with van der Waals surface area (Å²) in [6.07, 6.45) is 1.31. The molecule has 0 heterocycles. The lowest BCUT2D eigenvalue weighted by Crippen LogP contribution is -2.14.